The lowest BCUT2D eigenvalue weighted by molar-refractivity contribution is 0.122. The van der Waals surface area contributed by atoms with E-state index < -0.39 is 0 Å². The number of nitrogens with one attached hydrogen (secondary N) is 1. The van der Waals surface area contributed by atoms with Gasteiger partial charge in [0.05, 0.1) is 13.2 Å². The van der Waals surface area contributed by atoms with Gasteiger partial charge in [0.25, 0.3) is 0 Å². The number of anilines is 2. The molecule has 0 aliphatic carbocycles. The standard InChI is InChI=1S/C19H19FN4O/c20-16-6-3-5-15-18(16)22-13-23-19(15)21-12-14-4-1-2-7-17(14)24-8-10-25-11-9-24/h1-7,13H,8-12H2,(H,21,22,23). The summed E-state index contributed by atoms with van der Waals surface area (Å²) in [7, 11) is 0. The predicted molar refractivity (Wildman–Crippen MR) is 96.3 cm³/mol. The molecule has 25 heavy (non-hydrogen) atoms. The van der Waals surface area contributed by atoms with Crippen molar-refractivity contribution in [2.45, 2.75) is 6.54 Å². The maximum absolute atomic E-state index is 13.9. The van der Waals surface area contributed by atoms with Crippen molar-refractivity contribution in [3.05, 3.63) is 60.2 Å². The van der Waals surface area contributed by atoms with E-state index in [0.29, 0.717) is 23.3 Å². The zero-order chi connectivity index (χ0) is 17.1. The van der Waals surface area contributed by atoms with Crippen molar-refractivity contribution < 1.29 is 9.13 Å². The van der Waals surface area contributed by atoms with Crippen LogP contribution in [0.3, 0.4) is 0 Å². The second-order valence-electron chi connectivity index (χ2n) is 5.94. The molecule has 0 saturated carbocycles. The zero-order valence-corrected chi connectivity index (χ0v) is 13.8. The highest BCUT2D eigenvalue weighted by molar-refractivity contribution is 5.89. The van der Waals surface area contributed by atoms with Crippen LogP contribution in [-0.2, 0) is 11.3 Å². The molecule has 1 aliphatic heterocycles. The first kappa shape index (κ1) is 15.8. The Labute approximate surface area is 145 Å². The summed E-state index contributed by atoms with van der Waals surface area (Å²) in [5, 5.41) is 4.02. The Kier molecular flexibility index (Phi) is 4.43. The van der Waals surface area contributed by atoms with Gasteiger partial charge < -0.3 is 15.0 Å². The molecular weight excluding hydrogens is 319 g/mol. The number of hydrogen-bond donors (Lipinski definition) is 1. The zero-order valence-electron chi connectivity index (χ0n) is 13.8. The van der Waals surface area contributed by atoms with Crippen LogP contribution in [0.1, 0.15) is 5.56 Å². The van der Waals surface area contributed by atoms with Gasteiger partial charge in [0, 0.05) is 30.7 Å². The number of rotatable bonds is 4. The van der Waals surface area contributed by atoms with E-state index >= 15 is 0 Å². The van der Waals surface area contributed by atoms with Crippen LogP contribution in [0.2, 0.25) is 0 Å². The van der Waals surface area contributed by atoms with Crippen molar-refractivity contribution >= 4 is 22.4 Å². The van der Waals surface area contributed by atoms with Crippen LogP contribution < -0.4 is 10.2 Å². The summed E-state index contributed by atoms with van der Waals surface area (Å²) in [5.74, 6) is 0.304. The largest absolute Gasteiger partial charge is 0.378 e. The average molecular weight is 338 g/mol. The normalized spacial score (nSPS) is 14.7. The Bertz CT molecular complexity index is 880. The van der Waals surface area contributed by atoms with Crippen molar-refractivity contribution in [2.75, 3.05) is 36.5 Å². The number of morpholine rings is 1. The molecule has 1 fully saturated rings. The minimum atomic E-state index is -0.336. The Morgan fingerprint density at radius 1 is 1.04 bits per heavy atom. The first-order valence-electron chi connectivity index (χ1n) is 8.36. The summed E-state index contributed by atoms with van der Waals surface area (Å²) >= 11 is 0. The number of para-hydroxylation sites is 2. The van der Waals surface area contributed by atoms with Crippen LogP contribution in [0.15, 0.2) is 48.8 Å². The lowest BCUT2D eigenvalue weighted by Gasteiger charge is -2.30. The Morgan fingerprint density at radius 3 is 2.76 bits per heavy atom. The van der Waals surface area contributed by atoms with Crippen LogP contribution >= 0.6 is 0 Å². The molecular formula is C19H19FN4O. The highest BCUT2D eigenvalue weighted by Crippen LogP contribution is 2.25. The van der Waals surface area contributed by atoms with Gasteiger partial charge >= 0.3 is 0 Å². The molecule has 0 radical (unpaired) electrons. The maximum atomic E-state index is 13.9. The van der Waals surface area contributed by atoms with Gasteiger partial charge in [-0.25, -0.2) is 14.4 Å². The van der Waals surface area contributed by atoms with Gasteiger partial charge in [-0.2, -0.15) is 0 Å². The molecule has 3 aromatic rings. The first-order chi connectivity index (χ1) is 12.3. The van der Waals surface area contributed by atoms with E-state index in [2.05, 4.69) is 32.3 Å². The molecule has 0 bridgehead atoms. The van der Waals surface area contributed by atoms with E-state index in [-0.39, 0.29) is 5.82 Å². The van der Waals surface area contributed by atoms with E-state index in [1.54, 1.807) is 6.07 Å². The fourth-order valence-electron chi connectivity index (χ4n) is 3.14. The van der Waals surface area contributed by atoms with E-state index in [1.165, 1.54) is 23.6 Å². The lowest BCUT2D eigenvalue weighted by Crippen LogP contribution is -2.36. The van der Waals surface area contributed by atoms with Gasteiger partial charge in [0.1, 0.15) is 23.5 Å². The van der Waals surface area contributed by atoms with E-state index in [0.717, 1.165) is 26.3 Å². The molecule has 2 aromatic carbocycles. The summed E-state index contributed by atoms with van der Waals surface area (Å²) in [4.78, 5) is 10.7. The van der Waals surface area contributed by atoms with Crippen molar-refractivity contribution in [1.82, 2.24) is 9.97 Å². The Hall–Kier alpha value is -2.73. The van der Waals surface area contributed by atoms with Crippen molar-refractivity contribution in [1.29, 1.82) is 0 Å². The van der Waals surface area contributed by atoms with Crippen LogP contribution in [-0.4, -0.2) is 36.3 Å². The fraction of sp³-hybridized carbons (Fsp3) is 0.263. The minimum Gasteiger partial charge on any atom is -0.378 e. The Morgan fingerprint density at radius 2 is 1.88 bits per heavy atom. The predicted octanol–water partition coefficient (Wildman–Crippen LogP) is 3.22. The molecule has 0 amide bonds. The molecule has 0 unspecified atom stereocenters. The lowest BCUT2D eigenvalue weighted by atomic mass is 10.1. The molecule has 4 rings (SSSR count). The van der Waals surface area contributed by atoms with Crippen molar-refractivity contribution in [2.24, 2.45) is 0 Å². The molecule has 6 heteroatoms. The summed E-state index contributed by atoms with van der Waals surface area (Å²) in [6, 6.07) is 13.2. The van der Waals surface area contributed by atoms with Crippen LogP contribution in [0.4, 0.5) is 15.9 Å². The quantitative estimate of drug-likeness (QED) is 0.792. The highest BCUT2D eigenvalue weighted by Gasteiger charge is 2.14. The number of benzene rings is 2. The molecule has 1 aromatic heterocycles. The SMILES string of the molecule is Fc1cccc2c(NCc3ccccc3N3CCOCC3)ncnc12. The number of nitrogens with zero attached hydrogens (tertiary/aromatic N) is 3. The first-order valence-corrected chi connectivity index (χ1v) is 8.36. The van der Waals surface area contributed by atoms with E-state index in [1.807, 2.05) is 18.2 Å². The van der Waals surface area contributed by atoms with Crippen LogP contribution in [0, 0.1) is 5.82 Å². The van der Waals surface area contributed by atoms with Gasteiger partial charge in [0.15, 0.2) is 0 Å². The molecule has 128 valence electrons. The second-order valence-corrected chi connectivity index (χ2v) is 5.94. The number of hydrogen-bond acceptors (Lipinski definition) is 5. The molecule has 0 atom stereocenters. The molecule has 2 heterocycles. The molecule has 1 aliphatic rings. The van der Waals surface area contributed by atoms with Gasteiger partial charge in [0.2, 0.25) is 0 Å². The molecule has 5 nitrogen and oxygen atoms in total. The van der Waals surface area contributed by atoms with Gasteiger partial charge in [-0.15, -0.1) is 0 Å². The smallest absolute Gasteiger partial charge is 0.149 e. The molecule has 0 spiro atoms. The van der Waals surface area contributed by atoms with E-state index in [9.17, 15) is 4.39 Å². The topological polar surface area (TPSA) is 50.3 Å². The van der Waals surface area contributed by atoms with Gasteiger partial charge in [-0.1, -0.05) is 24.3 Å². The summed E-state index contributed by atoms with van der Waals surface area (Å²) in [6.07, 6.45) is 1.39. The Balaban J connectivity index is 1.59. The number of fused-ring (bicyclic) bond motifs is 1. The highest BCUT2D eigenvalue weighted by atomic mass is 19.1. The van der Waals surface area contributed by atoms with Gasteiger partial charge in [-0.05, 0) is 23.8 Å². The van der Waals surface area contributed by atoms with Gasteiger partial charge in [-0.3, -0.25) is 0 Å². The third-order valence-corrected chi connectivity index (χ3v) is 4.41. The number of aromatic nitrogens is 2. The molecule has 1 N–H and O–H groups in total. The summed E-state index contributed by atoms with van der Waals surface area (Å²) in [5.41, 5.74) is 2.71. The van der Waals surface area contributed by atoms with Crippen LogP contribution in [0.5, 0.6) is 0 Å². The summed E-state index contributed by atoms with van der Waals surface area (Å²) in [6.45, 7) is 3.88. The molecule has 1 saturated heterocycles. The number of ether oxygens (including phenoxy) is 1. The van der Waals surface area contributed by atoms with Crippen molar-refractivity contribution in [3.8, 4) is 0 Å². The monoisotopic (exact) mass is 338 g/mol. The van der Waals surface area contributed by atoms with Crippen molar-refractivity contribution in [3.63, 3.8) is 0 Å². The fourth-order valence-corrected chi connectivity index (χ4v) is 3.14. The minimum absolute atomic E-state index is 0.335. The third-order valence-electron chi connectivity index (χ3n) is 4.41. The van der Waals surface area contributed by atoms with Crippen LogP contribution in [0.25, 0.3) is 10.9 Å². The average Bonchev–Trinajstić information content (AvgIpc) is 2.68. The summed E-state index contributed by atoms with van der Waals surface area (Å²) < 4.78 is 19.3. The number of halogens is 1. The van der Waals surface area contributed by atoms with E-state index in [4.69, 9.17) is 4.74 Å². The maximum Gasteiger partial charge on any atom is 0.149 e. The second kappa shape index (κ2) is 7.03. The third kappa shape index (κ3) is 3.25.